The molecule has 2 saturated heterocycles. The highest BCUT2D eigenvalue weighted by Crippen LogP contribution is 2.39. The zero-order valence-electron chi connectivity index (χ0n) is 10.5. The summed E-state index contributed by atoms with van der Waals surface area (Å²) in [4.78, 5) is 1.82. The summed E-state index contributed by atoms with van der Waals surface area (Å²) in [7, 11) is 0. The minimum absolute atomic E-state index is 0.0215. The molecular formula is C13H13F4NO2. The number of ether oxygens (including phenoxy) is 2. The first kappa shape index (κ1) is 13.5. The first-order chi connectivity index (χ1) is 9.37. The van der Waals surface area contributed by atoms with E-state index < -0.39 is 17.9 Å². The predicted octanol–water partition coefficient (Wildman–Crippen LogP) is 3.09. The Balaban J connectivity index is 1.71. The largest absolute Gasteiger partial charge is 0.573 e. The number of hydrogen-bond acceptors (Lipinski definition) is 3. The minimum atomic E-state index is -4.81. The topological polar surface area (TPSA) is 25.0 Å². The van der Waals surface area contributed by atoms with E-state index in [2.05, 4.69) is 4.74 Å². The monoisotopic (exact) mass is 291 g/mol. The molecule has 2 aliphatic heterocycles. The first-order valence-corrected chi connectivity index (χ1v) is 6.31. The van der Waals surface area contributed by atoms with Gasteiger partial charge in [-0.2, -0.15) is 0 Å². The Morgan fingerprint density at radius 3 is 2.35 bits per heavy atom. The first-order valence-electron chi connectivity index (χ1n) is 6.31. The van der Waals surface area contributed by atoms with E-state index in [1.165, 1.54) is 6.07 Å². The molecule has 0 aliphatic carbocycles. The molecule has 7 heteroatoms. The third-order valence-corrected chi connectivity index (χ3v) is 3.72. The van der Waals surface area contributed by atoms with E-state index in [9.17, 15) is 17.6 Å². The molecule has 0 bridgehead atoms. The molecular weight excluding hydrogens is 278 g/mol. The molecule has 110 valence electrons. The summed E-state index contributed by atoms with van der Waals surface area (Å²) in [5, 5.41) is 0. The maximum absolute atomic E-state index is 13.9. The standard InChI is InChI=1S/C13H13F4NO2/c14-10-7-9(20-13(15,16)17)1-2-11(10)18-5-3-12(4-6-18)8-19-12/h1-2,7H,3-6,8H2. The molecule has 1 aromatic carbocycles. The molecule has 0 N–H and O–H groups in total. The van der Waals surface area contributed by atoms with Gasteiger partial charge in [-0.25, -0.2) is 4.39 Å². The fourth-order valence-electron chi connectivity index (χ4n) is 2.49. The highest BCUT2D eigenvalue weighted by Gasteiger charge is 2.46. The molecule has 20 heavy (non-hydrogen) atoms. The van der Waals surface area contributed by atoms with Crippen molar-refractivity contribution in [3.05, 3.63) is 24.0 Å². The lowest BCUT2D eigenvalue weighted by Gasteiger charge is -2.32. The van der Waals surface area contributed by atoms with E-state index >= 15 is 0 Å². The van der Waals surface area contributed by atoms with E-state index in [1.807, 2.05) is 4.90 Å². The summed E-state index contributed by atoms with van der Waals surface area (Å²) in [6, 6.07) is 3.22. The molecule has 0 radical (unpaired) electrons. The lowest BCUT2D eigenvalue weighted by molar-refractivity contribution is -0.274. The van der Waals surface area contributed by atoms with Gasteiger partial charge in [0.1, 0.15) is 11.6 Å². The molecule has 0 amide bonds. The summed E-state index contributed by atoms with van der Waals surface area (Å²) < 4.78 is 59.1. The number of piperidine rings is 1. The quantitative estimate of drug-likeness (QED) is 0.618. The molecule has 2 aliphatic rings. The van der Waals surface area contributed by atoms with Crippen LogP contribution in [0.1, 0.15) is 12.8 Å². The third-order valence-electron chi connectivity index (χ3n) is 3.72. The summed E-state index contributed by atoms with van der Waals surface area (Å²) >= 11 is 0. The van der Waals surface area contributed by atoms with Crippen molar-refractivity contribution < 1.29 is 27.0 Å². The zero-order chi connectivity index (χ0) is 14.4. The summed E-state index contributed by atoms with van der Waals surface area (Å²) in [6.45, 7) is 2.02. The van der Waals surface area contributed by atoms with Crippen molar-refractivity contribution in [2.75, 3.05) is 24.6 Å². The molecule has 3 nitrogen and oxygen atoms in total. The van der Waals surface area contributed by atoms with Crippen LogP contribution >= 0.6 is 0 Å². The molecule has 2 fully saturated rings. The second-order valence-corrected chi connectivity index (χ2v) is 5.12. The fourth-order valence-corrected chi connectivity index (χ4v) is 2.49. The maximum Gasteiger partial charge on any atom is 0.573 e. The average Bonchev–Trinajstić information content (AvgIpc) is 3.09. The molecule has 0 unspecified atom stereocenters. The Bertz CT molecular complexity index is 504. The molecule has 0 atom stereocenters. The number of rotatable bonds is 2. The van der Waals surface area contributed by atoms with Gasteiger partial charge in [0, 0.05) is 19.2 Å². The molecule has 1 spiro atoms. The van der Waals surface area contributed by atoms with Crippen molar-refractivity contribution >= 4 is 5.69 Å². The predicted molar refractivity (Wildman–Crippen MR) is 63.2 cm³/mol. The van der Waals surface area contributed by atoms with Gasteiger partial charge in [-0.15, -0.1) is 13.2 Å². The summed E-state index contributed by atoms with van der Waals surface area (Å²) in [6.07, 6.45) is -3.19. The van der Waals surface area contributed by atoms with Crippen LogP contribution in [0.25, 0.3) is 0 Å². The molecule has 2 heterocycles. The van der Waals surface area contributed by atoms with E-state index in [1.54, 1.807) is 0 Å². The van der Waals surface area contributed by atoms with Crippen LogP contribution in [0, 0.1) is 5.82 Å². The van der Waals surface area contributed by atoms with Gasteiger partial charge in [0.2, 0.25) is 0 Å². The van der Waals surface area contributed by atoms with Crippen molar-refractivity contribution in [3.63, 3.8) is 0 Å². The molecule has 3 rings (SSSR count). The molecule has 0 aromatic heterocycles. The van der Waals surface area contributed by atoms with Gasteiger partial charge in [-0.1, -0.05) is 0 Å². The normalized spacial score (nSPS) is 21.1. The Kier molecular flexibility index (Phi) is 3.04. The van der Waals surface area contributed by atoms with E-state index in [4.69, 9.17) is 4.74 Å². The van der Waals surface area contributed by atoms with E-state index in [-0.39, 0.29) is 5.60 Å². The van der Waals surface area contributed by atoms with Crippen LogP contribution in [0.2, 0.25) is 0 Å². The molecule has 0 saturated carbocycles. The third kappa shape index (κ3) is 2.82. The fraction of sp³-hybridized carbons (Fsp3) is 0.538. The van der Waals surface area contributed by atoms with Gasteiger partial charge in [0.15, 0.2) is 0 Å². The second-order valence-electron chi connectivity index (χ2n) is 5.12. The highest BCUT2D eigenvalue weighted by molar-refractivity contribution is 5.51. The Hall–Kier alpha value is -1.50. The van der Waals surface area contributed by atoms with Crippen LogP contribution in [-0.4, -0.2) is 31.7 Å². The maximum atomic E-state index is 13.9. The van der Waals surface area contributed by atoms with Crippen LogP contribution in [0.15, 0.2) is 18.2 Å². The van der Waals surface area contributed by atoms with Crippen LogP contribution in [0.3, 0.4) is 0 Å². The van der Waals surface area contributed by atoms with Crippen LogP contribution in [0.5, 0.6) is 5.75 Å². The minimum Gasteiger partial charge on any atom is -0.406 e. The van der Waals surface area contributed by atoms with Gasteiger partial charge in [-0.05, 0) is 25.0 Å². The number of hydrogen-bond donors (Lipinski definition) is 0. The highest BCUT2D eigenvalue weighted by atomic mass is 19.4. The van der Waals surface area contributed by atoms with Gasteiger partial charge in [0.05, 0.1) is 17.9 Å². The lowest BCUT2D eigenvalue weighted by Crippen LogP contribution is -2.38. The van der Waals surface area contributed by atoms with Crippen LogP contribution in [-0.2, 0) is 4.74 Å². The van der Waals surface area contributed by atoms with Crippen LogP contribution in [0.4, 0.5) is 23.2 Å². The number of anilines is 1. The number of halogens is 4. The lowest BCUT2D eigenvalue weighted by atomic mass is 9.97. The van der Waals surface area contributed by atoms with Crippen molar-refractivity contribution in [2.24, 2.45) is 0 Å². The number of alkyl halides is 3. The molecule has 1 aromatic rings. The van der Waals surface area contributed by atoms with Gasteiger partial charge >= 0.3 is 6.36 Å². The van der Waals surface area contributed by atoms with Crippen molar-refractivity contribution in [2.45, 2.75) is 24.8 Å². The van der Waals surface area contributed by atoms with Gasteiger partial charge < -0.3 is 14.4 Å². The van der Waals surface area contributed by atoms with Gasteiger partial charge in [-0.3, -0.25) is 0 Å². The average molecular weight is 291 g/mol. The van der Waals surface area contributed by atoms with Crippen molar-refractivity contribution in [3.8, 4) is 5.75 Å². The Morgan fingerprint density at radius 1 is 1.20 bits per heavy atom. The second kappa shape index (κ2) is 4.51. The SMILES string of the molecule is Fc1cc(OC(F)(F)F)ccc1N1CCC2(CC1)CO2. The summed E-state index contributed by atoms with van der Waals surface area (Å²) in [5.41, 5.74) is 0.279. The Morgan fingerprint density at radius 2 is 1.85 bits per heavy atom. The van der Waals surface area contributed by atoms with Crippen LogP contribution < -0.4 is 9.64 Å². The van der Waals surface area contributed by atoms with E-state index in [0.29, 0.717) is 18.8 Å². The van der Waals surface area contributed by atoms with Crippen molar-refractivity contribution in [1.29, 1.82) is 0 Å². The Labute approximate surface area is 113 Å². The summed E-state index contributed by atoms with van der Waals surface area (Å²) in [5.74, 6) is -1.25. The smallest absolute Gasteiger partial charge is 0.406 e. The van der Waals surface area contributed by atoms with E-state index in [0.717, 1.165) is 31.6 Å². The number of benzene rings is 1. The van der Waals surface area contributed by atoms with Crippen molar-refractivity contribution in [1.82, 2.24) is 0 Å². The zero-order valence-corrected chi connectivity index (χ0v) is 10.5. The number of nitrogens with zero attached hydrogens (tertiary/aromatic N) is 1. The number of epoxide rings is 1. The van der Waals surface area contributed by atoms with Gasteiger partial charge in [0.25, 0.3) is 0 Å².